The van der Waals surface area contributed by atoms with E-state index in [1.165, 1.54) is 0 Å². The molecule has 6 heteroatoms. The van der Waals surface area contributed by atoms with E-state index in [0.29, 0.717) is 19.7 Å². The molecule has 0 saturated carbocycles. The number of benzene rings is 1. The number of para-hydroxylation sites is 1. The van der Waals surface area contributed by atoms with E-state index in [1.54, 1.807) is 6.20 Å². The van der Waals surface area contributed by atoms with E-state index < -0.39 is 0 Å². The van der Waals surface area contributed by atoms with Gasteiger partial charge in [-0.2, -0.15) is 0 Å². The summed E-state index contributed by atoms with van der Waals surface area (Å²) >= 11 is 0. The number of aryl methyl sites for hydroxylation is 1. The maximum absolute atomic E-state index is 12.4. The number of carbonyl (C=O) groups is 1. The number of rotatable bonds is 4. The van der Waals surface area contributed by atoms with Crippen molar-refractivity contribution >= 4 is 5.91 Å². The molecule has 2 atom stereocenters. The van der Waals surface area contributed by atoms with E-state index in [0.717, 1.165) is 17.1 Å². The zero-order valence-corrected chi connectivity index (χ0v) is 13.5. The Morgan fingerprint density at radius 2 is 2.30 bits per heavy atom. The second-order valence-electron chi connectivity index (χ2n) is 5.70. The summed E-state index contributed by atoms with van der Waals surface area (Å²) in [5.41, 5.74) is 2.08. The molecule has 6 nitrogen and oxygen atoms in total. The van der Waals surface area contributed by atoms with Crippen molar-refractivity contribution < 1.29 is 9.53 Å². The lowest BCUT2D eigenvalue weighted by Crippen LogP contribution is -2.55. The number of hydrogen-bond acceptors (Lipinski definition) is 4. The van der Waals surface area contributed by atoms with Gasteiger partial charge >= 0.3 is 0 Å². The van der Waals surface area contributed by atoms with Gasteiger partial charge in [0.2, 0.25) is 5.91 Å². The van der Waals surface area contributed by atoms with Crippen molar-refractivity contribution in [3.05, 3.63) is 48.0 Å². The average molecular weight is 314 g/mol. The van der Waals surface area contributed by atoms with Crippen LogP contribution in [-0.4, -0.2) is 40.8 Å². The molecule has 3 rings (SSSR count). The summed E-state index contributed by atoms with van der Waals surface area (Å²) in [5, 5.41) is 6.21. The van der Waals surface area contributed by atoms with Crippen LogP contribution in [0.4, 0.5) is 0 Å². The zero-order chi connectivity index (χ0) is 16.2. The maximum Gasteiger partial charge on any atom is 0.240 e. The summed E-state index contributed by atoms with van der Waals surface area (Å²) in [5.74, 6) is 0.883. The van der Waals surface area contributed by atoms with Crippen LogP contribution >= 0.6 is 0 Å². The van der Waals surface area contributed by atoms with Gasteiger partial charge in [-0.3, -0.25) is 4.79 Å². The first-order valence-electron chi connectivity index (χ1n) is 7.88. The van der Waals surface area contributed by atoms with Gasteiger partial charge in [0, 0.05) is 25.5 Å². The predicted octanol–water partition coefficient (Wildman–Crippen LogP) is 1.17. The van der Waals surface area contributed by atoms with Gasteiger partial charge in [0.25, 0.3) is 0 Å². The van der Waals surface area contributed by atoms with Gasteiger partial charge in [-0.1, -0.05) is 18.2 Å². The lowest BCUT2D eigenvalue weighted by atomic mass is 10.1. The van der Waals surface area contributed by atoms with E-state index >= 15 is 0 Å². The molecule has 1 aliphatic rings. The number of aromatic nitrogens is 2. The SMILES string of the molecule is Cc1nccn1-c1ccccc1CNC(=O)[C@H]1NCCO[C@@H]1C. The minimum absolute atomic E-state index is 0.0330. The third-order valence-corrected chi connectivity index (χ3v) is 4.13. The van der Waals surface area contributed by atoms with Crippen molar-refractivity contribution in [1.29, 1.82) is 0 Å². The highest BCUT2D eigenvalue weighted by atomic mass is 16.5. The quantitative estimate of drug-likeness (QED) is 0.889. The monoisotopic (exact) mass is 314 g/mol. The number of ether oxygens (including phenoxy) is 1. The molecule has 0 radical (unpaired) electrons. The summed E-state index contributed by atoms with van der Waals surface area (Å²) in [6.45, 7) is 5.69. The van der Waals surface area contributed by atoms with Gasteiger partial charge in [-0.25, -0.2) is 4.98 Å². The van der Waals surface area contributed by atoms with Crippen LogP contribution < -0.4 is 10.6 Å². The minimum atomic E-state index is -0.300. The lowest BCUT2D eigenvalue weighted by molar-refractivity contribution is -0.129. The molecule has 1 aromatic carbocycles. The maximum atomic E-state index is 12.4. The number of nitrogens with one attached hydrogen (secondary N) is 2. The van der Waals surface area contributed by atoms with Crippen LogP contribution in [0.1, 0.15) is 18.3 Å². The molecular formula is C17H22N4O2. The van der Waals surface area contributed by atoms with Gasteiger partial charge in [0.05, 0.1) is 18.4 Å². The number of amides is 1. The largest absolute Gasteiger partial charge is 0.375 e. The molecule has 1 amide bonds. The third kappa shape index (κ3) is 3.43. The first kappa shape index (κ1) is 15.7. The second-order valence-corrected chi connectivity index (χ2v) is 5.70. The van der Waals surface area contributed by atoms with Crippen molar-refractivity contribution in [1.82, 2.24) is 20.2 Å². The molecule has 1 aliphatic heterocycles. The Labute approximate surface area is 135 Å². The molecule has 122 valence electrons. The first-order chi connectivity index (χ1) is 11.2. The van der Waals surface area contributed by atoms with Crippen LogP contribution in [0.25, 0.3) is 5.69 Å². The van der Waals surface area contributed by atoms with Crippen LogP contribution in [0.3, 0.4) is 0 Å². The summed E-state index contributed by atoms with van der Waals surface area (Å²) < 4.78 is 7.55. The van der Waals surface area contributed by atoms with Crippen LogP contribution in [0.2, 0.25) is 0 Å². The van der Waals surface area contributed by atoms with Crippen LogP contribution in [0.15, 0.2) is 36.7 Å². The molecule has 0 unspecified atom stereocenters. The van der Waals surface area contributed by atoms with Gasteiger partial charge < -0.3 is 19.9 Å². The summed E-state index contributed by atoms with van der Waals surface area (Å²) in [6, 6.07) is 7.70. The molecule has 1 saturated heterocycles. The minimum Gasteiger partial charge on any atom is -0.375 e. The van der Waals surface area contributed by atoms with E-state index in [2.05, 4.69) is 15.6 Å². The standard InChI is InChI=1S/C17H22N4O2/c1-12-16(19-8-10-23-12)17(22)20-11-14-5-3-4-6-15(14)21-9-7-18-13(21)2/h3-7,9,12,16,19H,8,10-11H2,1-2H3,(H,20,22)/t12-,16+/m1/s1. The van der Waals surface area contributed by atoms with Crippen LogP contribution in [-0.2, 0) is 16.1 Å². The Morgan fingerprint density at radius 3 is 3.04 bits per heavy atom. The highest BCUT2D eigenvalue weighted by molar-refractivity contribution is 5.82. The zero-order valence-electron chi connectivity index (χ0n) is 13.5. The van der Waals surface area contributed by atoms with Crippen molar-refractivity contribution in [2.24, 2.45) is 0 Å². The number of morpholine rings is 1. The fourth-order valence-electron chi connectivity index (χ4n) is 2.85. The Bertz CT molecular complexity index is 683. The summed E-state index contributed by atoms with van der Waals surface area (Å²) in [6.07, 6.45) is 3.58. The molecule has 0 spiro atoms. The highest BCUT2D eigenvalue weighted by Gasteiger charge is 2.28. The summed E-state index contributed by atoms with van der Waals surface area (Å²) in [7, 11) is 0. The summed E-state index contributed by atoms with van der Waals surface area (Å²) in [4.78, 5) is 16.6. The van der Waals surface area contributed by atoms with Crippen molar-refractivity contribution in [2.75, 3.05) is 13.2 Å². The smallest absolute Gasteiger partial charge is 0.240 e. The van der Waals surface area contributed by atoms with Crippen LogP contribution in [0.5, 0.6) is 0 Å². The normalized spacial score (nSPS) is 21.1. The van der Waals surface area contributed by atoms with E-state index in [1.807, 2.05) is 48.9 Å². The van der Waals surface area contributed by atoms with E-state index in [4.69, 9.17) is 4.74 Å². The Morgan fingerprint density at radius 1 is 1.48 bits per heavy atom. The van der Waals surface area contributed by atoms with Crippen LogP contribution in [0, 0.1) is 6.92 Å². The first-order valence-corrected chi connectivity index (χ1v) is 7.88. The fraction of sp³-hybridized carbons (Fsp3) is 0.412. The second kappa shape index (κ2) is 6.93. The molecule has 0 aliphatic carbocycles. The molecule has 1 fully saturated rings. The van der Waals surface area contributed by atoms with Crippen molar-refractivity contribution in [3.63, 3.8) is 0 Å². The number of imidazole rings is 1. The lowest BCUT2D eigenvalue weighted by Gasteiger charge is -2.29. The van der Waals surface area contributed by atoms with Gasteiger partial charge in [-0.15, -0.1) is 0 Å². The number of nitrogens with zero attached hydrogens (tertiary/aromatic N) is 2. The van der Waals surface area contributed by atoms with Gasteiger partial charge in [-0.05, 0) is 25.5 Å². The molecule has 2 aromatic rings. The Balaban J connectivity index is 1.71. The average Bonchev–Trinajstić information content (AvgIpc) is 2.99. The number of carbonyl (C=O) groups excluding carboxylic acids is 1. The fourth-order valence-corrected chi connectivity index (χ4v) is 2.85. The molecule has 23 heavy (non-hydrogen) atoms. The molecule has 0 bridgehead atoms. The van der Waals surface area contributed by atoms with Gasteiger partial charge in [0.1, 0.15) is 11.9 Å². The third-order valence-electron chi connectivity index (χ3n) is 4.13. The predicted molar refractivity (Wildman–Crippen MR) is 87.4 cm³/mol. The highest BCUT2D eigenvalue weighted by Crippen LogP contribution is 2.16. The van der Waals surface area contributed by atoms with E-state index in [-0.39, 0.29) is 18.1 Å². The van der Waals surface area contributed by atoms with Gasteiger partial charge in [0.15, 0.2) is 0 Å². The molecule has 2 N–H and O–H groups in total. The van der Waals surface area contributed by atoms with Crippen molar-refractivity contribution in [2.45, 2.75) is 32.5 Å². The molecule has 1 aromatic heterocycles. The number of hydrogen-bond donors (Lipinski definition) is 2. The topological polar surface area (TPSA) is 68.2 Å². The molecule has 2 heterocycles. The Kier molecular flexibility index (Phi) is 4.73. The van der Waals surface area contributed by atoms with E-state index in [9.17, 15) is 4.79 Å². The van der Waals surface area contributed by atoms with Crippen molar-refractivity contribution in [3.8, 4) is 5.69 Å². The Hall–Kier alpha value is -2.18. The molecular weight excluding hydrogens is 292 g/mol.